The molecule has 0 atom stereocenters. The number of phenolic OH excluding ortho intramolecular Hbond substituents is 1. The fourth-order valence-corrected chi connectivity index (χ4v) is 1.01. The smallest absolute Gasteiger partial charge is 0.371 e. The van der Waals surface area contributed by atoms with Crippen molar-refractivity contribution >= 4 is 17.8 Å². The SMILES string of the molecule is O=C(/C=C/c1ccc(O)cc1)/C=C(/O)C(=O)O. The van der Waals surface area contributed by atoms with Crippen LogP contribution in [0.5, 0.6) is 5.75 Å². The first-order valence-electron chi connectivity index (χ1n) is 4.64. The Morgan fingerprint density at radius 1 is 1.06 bits per heavy atom. The number of carboxylic acids is 1. The van der Waals surface area contributed by atoms with Crippen LogP contribution in [0.15, 0.2) is 42.2 Å². The van der Waals surface area contributed by atoms with Crippen molar-refractivity contribution in [3.63, 3.8) is 0 Å². The maximum atomic E-state index is 11.2. The van der Waals surface area contributed by atoms with Crippen molar-refractivity contribution in [1.82, 2.24) is 0 Å². The number of carbonyl (C=O) groups excluding carboxylic acids is 1. The third kappa shape index (κ3) is 4.21. The molecule has 0 amide bonds. The normalized spacial score (nSPS) is 11.6. The first-order valence-corrected chi connectivity index (χ1v) is 4.64. The van der Waals surface area contributed by atoms with Gasteiger partial charge in [0, 0.05) is 6.08 Å². The van der Waals surface area contributed by atoms with Gasteiger partial charge in [-0.25, -0.2) is 4.79 Å². The number of aliphatic hydroxyl groups is 1. The number of aliphatic hydroxyl groups excluding tert-OH is 1. The van der Waals surface area contributed by atoms with Gasteiger partial charge in [0.1, 0.15) is 5.75 Å². The van der Waals surface area contributed by atoms with Crippen LogP contribution in [0, 0.1) is 0 Å². The molecular weight excluding hydrogens is 224 g/mol. The van der Waals surface area contributed by atoms with Gasteiger partial charge in [-0.3, -0.25) is 4.79 Å². The number of benzene rings is 1. The minimum absolute atomic E-state index is 0.108. The second-order valence-corrected chi connectivity index (χ2v) is 3.16. The van der Waals surface area contributed by atoms with Crippen molar-refractivity contribution in [2.45, 2.75) is 0 Å². The zero-order valence-corrected chi connectivity index (χ0v) is 8.70. The lowest BCUT2D eigenvalue weighted by atomic mass is 10.2. The van der Waals surface area contributed by atoms with Crippen LogP contribution in [0.2, 0.25) is 0 Å². The molecule has 5 nitrogen and oxygen atoms in total. The summed E-state index contributed by atoms with van der Waals surface area (Å²) in [5, 5.41) is 26.1. The molecule has 17 heavy (non-hydrogen) atoms. The summed E-state index contributed by atoms with van der Waals surface area (Å²) in [6, 6.07) is 6.07. The second kappa shape index (κ2) is 5.50. The lowest BCUT2D eigenvalue weighted by molar-refractivity contribution is -0.135. The molecule has 0 bridgehead atoms. The lowest BCUT2D eigenvalue weighted by Crippen LogP contribution is -2.01. The van der Waals surface area contributed by atoms with Gasteiger partial charge >= 0.3 is 5.97 Å². The van der Waals surface area contributed by atoms with E-state index in [1.807, 2.05) is 0 Å². The molecule has 0 aliphatic rings. The first-order chi connectivity index (χ1) is 7.99. The summed E-state index contributed by atoms with van der Waals surface area (Å²) in [6.07, 6.45) is 3.16. The van der Waals surface area contributed by atoms with Gasteiger partial charge in [0.25, 0.3) is 0 Å². The first kappa shape index (κ1) is 12.5. The Morgan fingerprint density at radius 3 is 2.18 bits per heavy atom. The molecule has 88 valence electrons. The fraction of sp³-hybridized carbons (Fsp3) is 0. The topological polar surface area (TPSA) is 94.8 Å². The molecule has 0 aliphatic carbocycles. The number of aromatic hydroxyl groups is 1. The highest BCUT2D eigenvalue weighted by atomic mass is 16.4. The maximum absolute atomic E-state index is 11.2. The van der Waals surface area contributed by atoms with E-state index in [-0.39, 0.29) is 5.75 Å². The number of phenols is 1. The van der Waals surface area contributed by atoms with Crippen LogP contribution >= 0.6 is 0 Å². The van der Waals surface area contributed by atoms with Crippen molar-refractivity contribution in [2.24, 2.45) is 0 Å². The molecule has 3 N–H and O–H groups in total. The number of hydrogen-bond acceptors (Lipinski definition) is 4. The van der Waals surface area contributed by atoms with Gasteiger partial charge in [0.05, 0.1) is 0 Å². The number of rotatable bonds is 4. The molecule has 0 fully saturated rings. The minimum Gasteiger partial charge on any atom is -0.508 e. The van der Waals surface area contributed by atoms with Crippen LogP contribution in [0.4, 0.5) is 0 Å². The molecule has 0 saturated carbocycles. The predicted octanol–water partition coefficient (Wildman–Crippen LogP) is 1.50. The van der Waals surface area contributed by atoms with E-state index < -0.39 is 17.5 Å². The van der Waals surface area contributed by atoms with Crippen molar-refractivity contribution in [1.29, 1.82) is 0 Å². The van der Waals surface area contributed by atoms with E-state index in [1.54, 1.807) is 12.1 Å². The Morgan fingerprint density at radius 2 is 1.65 bits per heavy atom. The maximum Gasteiger partial charge on any atom is 0.371 e. The average Bonchev–Trinajstić information content (AvgIpc) is 2.28. The highest BCUT2D eigenvalue weighted by Gasteiger charge is 2.04. The highest BCUT2D eigenvalue weighted by Crippen LogP contribution is 2.10. The van der Waals surface area contributed by atoms with E-state index in [0.717, 1.165) is 6.08 Å². The molecule has 1 rings (SSSR count). The third-order valence-corrected chi connectivity index (χ3v) is 1.83. The van der Waals surface area contributed by atoms with Gasteiger partial charge in [-0.15, -0.1) is 0 Å². The number of ketones is 1. The molecule has 0 saturated heterocycles. The minimum atomic E-state index is -1.56. The summed E-state index contributed by atoms with van der Waals surface area (Å²) in [4.78, 5) is 21.4. The summed E-state index contributed by atoms with van der Waals surface area (Å²) in [5.41, 5.74) is 0.666. The lowest BCUT2D eigenvalue weighted by Gasteiger charge is -1.93. The summed E-state index contributed by atoms with van der Waals surface area (Å²) in [7, 11) is 0. The number of hydrogen-bond donors (Lipinski definition) is 3. The van der Waals surface area contributed by atoms with Gasteiger partial charge < -0.3 is 15.3 Å². The second-order valence-electron chi connectivity index (χ2n) is 3.16. The summed E-state index contributed by atoms with van der Waals surface area (Å²) in [6.45, 7) is 0. The van der Waals surface area contributed by atoms with Crippen LogP contribution in [-0.2, 0) is 9.59 Å². The molecule has 0 aromatic heterocycles. The largest absolute Gasteiger partial charge is 0.508 e. The van der Waals surface area contributed by atoms with Crippen LogP contribution in [0.25, 0.3) is 6.08 Å². The van der Waals surface area contributed by atoms with Crippen molar-refractivity contribution < 1.29 is 24.9 Å². The average molecular weight is 234 g/mol. The number of allylic oxidation sites excluding steroid dienone is 2. The van der Waals surface area contributed by atoms with Crippen LogP contribution in [0.3, 0.4) is 0 Å². The summed E-state index contributed by atoms with van der Waals surface area (Å²) >= 11 is 0. The molecule has 0 spiro atoms. The Bertz CT molecular complexity index is 482. The predicted molar refractivity (Wildman–Crippen MR) is 60.5 cm³/mol. The molecule has 1 aromatic rings. The summed E-state index contributed by atoms with van der Waals surface area (Å²) < 4.78 is 0. The van der Waals surface area contributed by atoms with Crippen LogP contribution < -0.4 is 0 Å². The van der Waals surface area contributed by atoms with E-state index in [9.17, 15) is 9.59 Å². The Kier molecular flexibility index (Phi) is 4.05. The zero-order chi connectivity index (χ0) is 12.8. The van der Waals surface area contributed by atoms with Gasteiger partial charge in [0.15, 0.2) is 5.78 Å². The van der Waals surface area contributed by atoms with Gasteiger partial charge in [-0.05, 0) is 23.8 Å². The highest BCUT2D eigenvalue weighted by molar-refractivity contribution is 6.05. The quantitative estimate of drug-likeness (QED) is 0.542. The number of aliphatic carboxylic acids is 1. The van der Waals surface area contributed by atoms with E-state index >= 15 is 0 Å². The van der Waals surface area contributed by atoms with Gasteiger partial charge in [-0.2, -0.15) is 0 Å². The van der Waals surface area contributed by atoms with E-state index in [2.05, 4.69) is 0 Å². The summed E-state index contributed by atoms with van der Waals surface area (Å²) in [5.74, 6) is -3.10. The number of carboxylic acid groups (broad SMARTS) is 1. The molecule has 0 aliphatic heterocycles. The molecule has 0 heterocycles. The van der Waals surface area contributed by atoms with E-state index in [4.69, 9.17) is 15.3 Å². The number of carbonyl (C=O) groups is 2. The van der Waals surface area contributed by atoms with Gasteiger partial charge in [0.2, 0.25) is 5.76 Å². The monoisotopic (exact) mass is 234 g/mol. The fourth-order valence-electron chi connectivity index (χ4n) is 1.01. The van der Waals surface area contributed by atoms with Crippen molar-refractivity contribution in [3.05, 3.63) is 47.7 Å². The molecular formula is C12H10O5. The van der Waals surface area contributed by atoms with Crippen molar-refractivity contribution in [3.8, 4) is 5.75 Å². The Balaban J connectivity index is 2.72. The molecule has 1 aromatic carbocycles. The Hall–Kier alpha value is -2.56. The standard InChI is InChI=1S/C12H10O5/c13-9-4-1-8(2-5-9)3-6-10(14)7-11(15)12(16)17/h1-7,13,15H,(H,16,17)/b6-3+,11-7+. The molecule has 0 radical (unpaired) electrons. The van der Waals surface area contributed by atoms with Crippen molar-refractivity contribution in [2.75, 3.05) is 0 Å². The Labute approximate surface area is 96.9 Å². The zero-order valence-electron chi connectivity index (χ0n) is 8.70. The van der Waals surface area contributed by atoms with E-state index in [1.165, 1.54) is 18.2 Å². The van der Waals surface area contributed by atoms with Crippen LogP contribution in [-0.4, -0.2) is 27.1 Å². The van der Waals surface area contributed by atoms with E-state index in [0.29, 0.717) is 11.6 Å². The molecule has 0 unspecified atom stereocenters. The third-order valence-electron chi connectivity index (χ3n) is 1.83. The van der Waals surface area contributed by atoms with Gasteiger partial charge in [-0.1, -0.05) is 18.2 Å². The van der Waals surface area contributed by atoms with Crippen LogP contribution in [0.1, 0.15) is 5.56 Å². The molecule has 5 heteroatoms.